The highest BCUT2D eigenvalue weighted by Crippen LogP contribution is 2.24. The summed E-state index contributed by atoms with van der Waals surface area (Å²) in [5, 5.41) is 4.12. The molecule has 2 aliphatic heterocycles. The van der Waals surface area contributed by atoms with Crippen LogP contribution in [0.5, 0.6) is 0 Å². The van der Waals surface area contributed by atoms with Crippen LogP contribution in [0.25, 0.3) is 0 Å². The molecule has 1 amide bonds. The van der Waals surface area contributed by atoms with Crippen molar-refractivity contribution in [3.05, 3.63) is 17.0 Å². The molecule has 0 radical (unpaired) electrons. The lowest BCUT2D eigenvalue weighted by Crippen LogP contribution is -2.61. The second-order valence-electron chi connectivity index (χ2n) is 6.53. The van der Waals surface area contributed by atoms with E-state index in [-0.39, 0.29) is 18.1 Å². The molecule has 2 saturated heterocycles. The van der Waals surface area contributed by atoms with Gasteiger partial charge in [0, 0.05) is 31.6 Å². The standard InChI is InChI=1S/C17H27N3O3/c1-4-13-12(15(5-2)23-18-13)10-17(21)20-8-9-22-16-6-7-19(3)11-14(16)20/h14,16H,4-11H2,1-3H3/t14-,16+/m1/s1. The van der Waals surface area contributed by atoms with E-state index in [2.05, 4.69) is 17.1 Å². The van der Waals surface area contributed by atoms with Crippen molar-refractivity contribution in [2.24, 2.45) is 0 Å². The van der Waals surface area contributed by atoms with Gasteiger partial charge in [0.05, 0.1) is 30.9 Å². The molecule has 6 heteroatoms. The molecule has 2 aliphatic rings. The predicted octanol–water partition coefficient (Wildman–Crippen LogP) is 1.27. The molecule has 0 spiro atoms. The van der Waals surface area contributed by atoms with Gasteiger partial charge in [0.15, 0.2) is 0 Å². The molecule has 23 heavy (non-hydrogen) atoms. The van der Waals surface area contributed by atoms with Crippen LogP contribution in [0, 0.1) is 0 Å². The molecule has 2 atom stereocenters. The van der Waals surface area contributed by atoms with Gasteiger partial charge in [-0.1, -0.05) is 19.0 Å². The van der Waals surface area contributed by atoms with Crippen molar-refractivity contribution < 1.29 is 14.1 Å². The van der Waals surface area contributed by atoms with E-state index in [9.17, 15) is 4.79 Å². The molecule has 0 aliphatic carbocycles. The van der Waals surface area contributed by atoms with Crippen LogP contribution in [-0.2, 0) is 28.8 Å². The lowest BCUT2D eigenvalue weighted by molar-refractivity contribution is -0.151. The van der Waals surface area contributed by atoms with Crippen molar-refractivity contribution in [3.63, 3.8) is 0 Å². The van der Waals surface area contributed by atoms with E-state index in [1.54, 1.807) is 0 Å². The topological polar surface area (TPSA) is 58.8 Å². The molecular weight excluding hydrogens is 294 g/mol. The van der Waals surface area contributed by atoms with Gasteiger partial charge in [-0.15, -0.1) is 0 Å². The first-order chi connectivity index (χ1) is 11.1. The number of morpholine rings is 1. The lowest BCUT2D eigenvalue weighted by Gasteiger charge is -2.46. The highest BCUT2D eigenvalue weighted by Gasteiger charge is 2.38. The Balaban J connectivity index is 1.75. The van der Waals surface area contributed by atoms with Gasteiger partial charge in [-0.05, 0) is 19.9 Å². The number of hydrogen-bond donors (Lipinski definition) is 0. The molecule has 1 aromatic rings. The molecule has 3 rings (SSSR count). The molecule has 0 aromatic carbocycles. The van der Waals surface area contributed by atoms with Gasteiger partial charge in [0.25, 0.3) is 0 Å². The largest absolute Gasteiger partial charge is 0.374 e. The Hall–Kier alpha value is -1.40. The average molecular weight is 321 g/mol. The maximum Gasteiger partial charge on any atom is 0.227 e. The second kappa shape index (κ2) is 7.01. The maximum atomic E-state index is 12.9. The average Bonchev–Trinajstić information content (AvgIpc) is 2.95. The van der Waals surface area contributed by atoms with E-state index in [1.165, 1.54) is 0 Å². The number of ether oxygens (including phenoxy) is 1. The molecule has 0 N–H and O–H groups in total. The Morgan fingerprint density at radius 2 is 2.13 bits per heavy atom. The van der Waals surface area contributed by atoms with Crippen LogP contribution in [0.2, 0.25) is 0 Å². The summed E-state index contributed by atoms with van der Waals surface area (Å²) >= 11 is 0. The van der Waals surface area contributed by atoms with E-state index < -0.39 is 0 Å². The van der Waals surface area contributed by atoms with Crippen LogP contribution in [0.4, 0.5) is 0 Å². The number of likely N-dealkylation sites (N-methyl/N-ethyl adjacent to an activating group) is 1. The summed E-state index contributed by atoms with van der Waals surface area (Å²) in [5.41, 5.74) is 1.91. The van der Waals surface area contributed by atoms with Crippen molar-refractivity contribution in [1.29, 1.82) is 0 Å². The third-order valence-corrected chi connectivity index (χ3v) is 5.04. The van der Waals surface area contributed by atoms with Crippen molar-refractivity contribution in [3.8, 4) is 0 Å². The number of aromatic nitrogens is 1. The molecule has 2 fully saturated rings. The smallest absolute Gasteiger partial charge is 0.227 e. The normalized spacial score (nSPS) is 25.4. The highest BCUT2D eigenvalue weighted by atomic mass is 16.5. The van der Waals surface area contributed by atoms with E-state index in [4.69, 9.17) is 9.26 Å². The van der Waals surface area contributed by atoms with Crippen molar-refractivity contribution in [1.82, 2.24) is 15.0 Å². The molecular formula is C17H27N3O3. The van der Waals surface area contributed by atoms with Crippen LogP contribution >= 0.6 is 0 Å². The van der Waals surface area contributed by atoms with Gasteiger partial charge in [-0.3, -0.25) is 4.79 Å². The minimum absolute atomic E-state index is 0.171. The molecule has 0 bridgehead atoms. The summed E-state index contributed by atoms with van der Waals surface area (Å²) in [6, 6.07) is 0.171. The third kappa shape index (κ3) is 3.28. The number of amides is 1. The Morgan fingerprint density at radius 3 is 2.87 bits per heavy atom. The number of piperidine rings is 1. The highest BCUT2D eigenvalue weighted by molar-refractivity contribution is 5.79. The van der Waals surface area contributed by atoms with Gasteiger partial charge in [0.1, 0.15) is 5.76 Å². The quantitative estimate of drug-likeness (QED) is 0.836. The molecule has 0 saturated carbocycles. The number of rotatable bonds is 4. The van der Waals surface area contributed by atoms with E-state index >= 15 is 0 Å². The first-order valence-electron chi connectivity index (χ1n) is 8.69. The minimum Gasteiger partial charge on any atom is -0.374 e. The first kappa shape index (κ1) is 16.5. The van der Waals surface area contributed by atoms with Gasteiger partial charge in [-0.25, -0.2) is 0 Å². The summed E-state index contributed by atoms with van der Waals surface area (Å²) in [4.78, 5) is 17.3. The van der Waals surface area contributed by atoms with Crippen molar-refractivity contribution in [2.45, 2.75) is 51.7 Å². The summed E-state index contributed by atoms with van der Waals surface area (Å²) < 4.78 is 11.3. The number of carbonyl (C=O) groups excluding carboxylic acids is 1. The number of hydrogen-bond acceptors (Lipinski definition) is 5. The first-order valence-corrected chi connectivity index (χ1v) is 8.69. The van der Waals surface area contributed by atoms with Crippen molar-refractivity contribution >= 4 is 5.91 Å². The second-order valence-corrected chi connectivity index (χ2v) is 6.53. The van der Waals surface area contributed by atoms with E-state index in [1.807, 2.05) is 18.7 Å². The zero-order chi connectivity index (χ0) is 16.4. The monoisotopic (exact) mass is 321 g/mol. The summed E-state index contributed by atoms with van der Waals surface area (Å²) in [7, 11) is 2.11. The summed E-state index contributed by atoms with van der Waals surface area (Å²) in [6.07, 6.45) is 3.14. The Kier molecular flexibility index (Phi) is 5.02. The fraction of sp³-hybridized carbons (Fsp3) is 0.765. The molecule has 128 valence electrons. The Morgan fingerprint density at radius 1 is 1.30 bits per heavy atom. The number of nitrogens with zero attached hydrogens (tertiary/aromatic N) is 3. The van der Waals surface area contributed by atoms with Crippen LogP contribution in [0.1, 0.15) is 37.3 Å². The van der Waals surface area contributed by atoms with Crippen LogP contribution < -0.4 is 0 Å². The van der Waals surface area contributed by atoms with Gasteiger partial charge in [0.2, 0.25) is 5.91 Å². The number of aryl methyl sites for hydroxylation is 2. The van der Waals surface area contributed by atoms with Crippen LogP contribution in [0.15, 0.2) is 4.52 Å². The van der Waals surface area contributed by atoms with Crippen LogP contribution in [-0.4, -0.2) is 66.3 Å². The Bertz CT molecular complexity index is 536. The fourth-order valence-corrected chi connectivity index (χ4v) is 3.73. The third-order valence-electron chi connectivity index (χ3n) is 5.04. The zero-order valence-corrected chi connectivity index (χ0v) is 14.4. The SMILES string of the molecule is CCc1noc(CC)c1CC(=O)N1CCO[C@H]2CCN(C)C[C@H]21. The van der Waals surface area contributed by atoms with Gasteiger partial charge < -0.3 is 19.1 Å². The number of carbonyl (C=O) groups is 1. The van der Waals surface area contributed by atoms with E-state index in [0.29, 0.717) is 19.6 Å². The summed E-state index contributed by atoms with van der Waals surface area (Å²) in [5.74, 6) is 1.02. The molecule has 6 nitrogen and oxygen atoms in total. The zero-order valence-electron chi connectivity index (χ0n) is 14.4. The lowest BCUT2D eigenvalue weighted by atomic mass is 9.97. The predicted molar refractivity (Wildman–Crippen MR) is 86.3 cm³/mol. The number of fused-ring (bicyclic) bond motifs is 1. The van der Waals surface area contributed by atoms with Crippen molar-refractivity contribution in [2.75, 3.05) is 33.3 Å². The van der Waals surface area contributed by atoms with Gasteiger partial charge >= 0.3 is 0 Å². The Labute approximate surface area is 137 Å². The molecule has 1 aromatic heterocycles. The molecule has 3 heterocycles. The van der Waals surface area contributed by atoms with Gasteiger partial charge in [-0.2, -0.15) is 0 Å². The summed E-state index contributed by atoms with van der Waals surface area (Å²) in [6.45, 7) is 7.33. The van der Waals surface area contributed by atoms with Crippen LogP contribution in [0.3, 0.4) is 0 Å². The number of likely N-dealkylation sites (tertiary alicyclic amines) is 1. The van der Waals surface area contributed by atoms with E-state index in [0.717, 1.165) is 49.4 Å². The molecule has 0 unspecified atom stereocenters. The maximum absolute atomic E-state index is 12.9. The minimum atomic E-state index is 0.171. The fourth-order valence-electron chi connectivity index (χ4n) is 3.73.